The second kappa shape index (κ2) is 5.77. The number of halogens is 2. The third-order valence-corrected chi connectivity index (χ3v) is 4.29. The Hall–Kier alpha value is -3.54. The predicted molar refractivity (Wildman–Crippen MR) is 93.9 cm³/mol. The molecule has 0 radical (unpaired) electrons. The first-order valence-electron chi connectivity index (χ1n) is 7.72. The molecule has 0 saturated carbocycles. The first-order valence-corrected chi connectivity index (χ1v) is 7.72. The minimum Gasteiger partial charge on any atom is -0.477 e. The maximum absolute atomic E-state index is 13.8. The van der Waals surface area contributed by atoms with Crippen molar-refractivity contribution in [3.8, 4) is 5.69 Å². The average Bonchev–Trinajstić information content (AvgIpc) is 2.63. The van der Waals surface area contributed by atoms with E-state index in [0.29, 0.717) is 5.69 Å². The number of carboxylic acid groups (broad SMARTS) is 1. The Labute approximate surface area is 145 Å². The monoisotopic (exact) mass is 351 g/mol. The second-order valence-electron chi connectivity index (χ2n) is 5.86. The lowest BCUT2D eigenvalue weighted by atomic mass is 10.1. The molecule has 1 heterocycles. The summed E-state index contributed by atoms with van der Waals surface area (Å²) in [5.74, 6) is -3.76. The molecule has 26 heavy (non-hydrogen) atoms. The van der Waals surface area contributed by atoms with Crippen LogP contribution in [0, 0.1) is 11.6 Å². The number of nitrogens with zero attached hydrogens (tertiary/aromatic N) is 1. The van der Waals surface area contributed by atoms with Gasteiger partial charge in [-0.3, -0.25) is 4.79 Å². The van der Waals surface area contributed by atoms with Gasteiger partial charge in [-0.1, -0.05) is 30.3 Å². The number of aromatic carboxylic acids is 1. The molecule has 0 unspecified atom stereocenters. The van der Waals surface area contributed by atoms with E-state index in [4.69, 9.17) is 0 Å². The number of carbonyl (C=O) groups is 1. The van der Waals surface area contributed by atoms with Gasteiger partial charge >= 0.3 is 5.97 Å². The van der Waals surface area contributed by atoms with Crippen molar-refractivity contribution in [2.24, 2.45) is 0 Å². The standard InChI is InChI=1S/C20H11F2NO3/c21-16-8-14-18(9-17(16)22)23(10-15(19(14)24)20(25)26)13-6-5-11-3-1-2-4-12(11)7-13/h1-10H,(H,25,26). The number of hydrogen-bond acceptors (Lipinski definition) is 2. The fraction of sp³-hybridized carbons (Fsp3) is 0. The van der Waals surface area contributed by atoms with Gasteiger partial charge in [0.1, 0.15) is 5.56 Å². The average molecular weight is 351 g/mol. The van der Waals surface area contributed by atoms with E-state index in [0.717, 1.165) is 29.1 Å². The van der Waals surface area contributed by atoms with Gasteiger partial charge in [-0.25, -0.2) is 13.6 Å². The van der Waals surface area contributed by atoms with Crippen LogP contribution in [0.2, 0.25) is 0 Å². The fourth-order valence-electron chi connectivity index (χ4n) is 3.01. The molecule has 0 aliphatic rings. The lowest BCUT2D eigenvalue weighted by molar-refractivity contribution is 0.0695. The van der Waals surface area contributed by atoms with Crippen LogP contribution in [0.4, 0.5) is 8.78 Å². The second-order valence-corrected chi connectivity index (χ2v) is 5.86. The van der Waals surface area contributed by atoms with Crippen molar-refractivity contribution < 1.29 is 18.7 Å². The summed E-state index contributed by atoms with van der Waals surface area (Å²) in [5.41, 5.74) is -0.753. The zero-order valence-corrected chi connectivity index (χ0v) is 13.2. The molecule has 0 fully saturated rings. The van der Waals surface area contributed by atoms with Crippen molar-refractivity contribution in [2.75, 3.05) is 0 Å². The molecule has 0 saturated heterocycles. The summed E-state index contributed by atoms with van der Waals surface area (Å²) in [6.45, 7) is 0. The minimum absolute atomic E-state index is 0.0918. The molecule has 4 nitrogen and oxygen atoms in total. The van der Waals surface area contributed by atoms with E-state index in [2.05, 4.69) is 0 Å². The molecule has 4 aromatic rings. The van der Waals surface area contributed by atoms with Crippen molar-refractivity contribution in [1.82, 2.24) is 4.57 Å². The molecule has 4 rings (SSSR count). The van der Waals surface area contributed by atoms with E-state index < -0.39 is 28.6 Å². The van der Waals surface area contributed by atoms with Crippen LogP contribution >= 0.6 is 0 Å². The normalized spacial score (nSPS) is 11.2. The smallest absolute Gasteiger partial charge is 0.341 e. The van der Waals surface area contributed by atoms with E-state index in [1.807, 2.05) is 30.3 Å². The topological polar surface area (TPSA) is 59.3 Å². The third-order valence-electron chi connectivity index (χ3n) is 4.29. The molecule has 6 heteroatoms. The number of hydrogen-bond donors (Lipinski definition) is 1. The molecule has 0 bridgehead atoms. The highest BCUT2D eigenvalue weighted by Gasteiger charge is 2.18. The molecule has 0 spiro atoms. The van der Waals surface area contributed by atoms with Crippen molar-refractivity contribution in [1.29, 1.82) is 0 Å². The lowest BCUT2D eigenvalue weighted by Gasteiger charge is -2.13. The molecule has 0 aliphatic heterocycles. The van der Waals surface area contributed by atoms with Crippen LogP contribution in [0.5, 0.6) is 0 Å². The van der Waals surface area contributed by atoms with E-state index in [9.17, 15) is 23.5 Å². The number of carboxylic acids is 1. The first kappa shape index (κ1) is 16.0. The maximum atomic E-state index is 13.8. The van der Waals surface area contributed by atoms with Crippen LogP contribution in [-0.2, 0) is 0 Å². The molecule has 0 aliphatic carbocycles. The van der Waals surface area contributed by atoms with Crippen molar-refractivity contribution in [3.63, 3.8) is 0 Å². The van der Waals surface area contributed by atoms with E-state index in [1.54, 1.807) is 12.1 Å². The number of benzene rings is 3. The Balaban J connectivity index is 2.13. The summed E-state index contributed by atoms with van der Waals surface area (Å²) >= 11 is 0. The first-order chi connectivity index (χ1) is 12.5. The van der Waals surface area contributed by atoms with E-state index in [1.165, 1.54) is 4.57 Å². The van der Waals surface area contributed by atoms with Crippen LogP contribution in [0.1, 0.15) is 10.4 Å². The highest BCUT2D eigenvalue weighted by atomic mass is 19.2. The highest BCUT2D eigenvalue weighted by molar-refractivity contribution is 5.93. The van der Waals surface area contributed by atoms with Gasteiger partial charge in [0.25, 0.3) is 0 Å². The Morgan fingerprint density at radius 3 is 2.35 bits per heavy atom. The maximum Gasteiger partial charge on any atom is 0.341 e. The van der Waals surface area contributed by atoms with Gasteiger partial charge in [-0.15, -0.1) is 0 Å². The van der Waals surface area contributed by atoms with Crippen molar-refractivity contribution >= 4 is 27.6 Å². The zero-order valence-electron chi connectivity index (χ0n) is 13.2. The van der Waals surface area contributed by atoms with Gasteiger partial charge < -0.3 is 9.67 Å². The van der Waals surface area contributed by atoms with Gasteiger partial charge in [-0.05, 0) is 29.0 Å². The molecule has 1 N–H and O–H groups in total. The summed E-state index contributed by atoms with van der Waals surface area (Å²) in [7, 11) is 0. The van der Waals surface area contributed by atoms with Crippen molar-refractivity contribution in [2.45, 2.75) is 0 Å². The van der Waals surface area contributed by atoms with Crippen LogP contribution < -0.4 is 5.43 Å². The molecular formula is C20H11F2NO3. The molecule has 1 aromatic heterocycles. The summed E-state index contributed by atoms with van der Waals surface area (Å²) in [4.78, 5) is 23.8. The number of fused-ring (bicyclic) bond motifs is 2. The van der Waals surface area contributed by atoms with Gasteiger partial charge in [0, 0.05) is 18.0 Å². The number of aromatic nitrogens is 1. The largest absolute Gasteiger partial charge is 0.477 e. The summed E-state index contributed by atoms with van der Waals surface area (Å²) in [5, 5.41) is 11.0. The van der Waals surface area contributed by atoms with Crippen molar-refractivity contribution in [3.05, 3.63) is 88.2 Å². The van der Waals surface area contributed by atoms with Crippen LogP contribution in [0.25, 0.3) is 27.4 Å². The molecule has 3 aromatic carbocycles. The van der Waals surface area contributed by atoms with Gasteiger partial charge in [0.05, 0.1) is 10.9 Å². The number of pyridine rings is 1. The van der Waals surface area contributed by atoms with Gasteiger partial charge in [-0.2, -0.15) is 0 Å². The molecule has 0 atom stereocenters. The predicted octanol–water partition coefficient (Wildman–Crippen LogP) is 4.12. The third kappa shape index (κ3) is 2.43. The lowest BCUT2D eigenvalue weighted by Crippen LogP contribution is -2.18. The van der Waals surface area contributed by atoms with Crippen LogP contribution in [-0.4, -0.2) is 15.6 Å². The Morgan fingerprint density at radius 2 is 1.62 bits per heavy atom. The zero-order chi connectivity index (χ0) is 18.4. The van der Waals surface area contributed by atoms with Gasteiger partial charge in [0.15, 0.2) is 11.6 Å². The van der Waals surface area contributed by atoms with E-state index in [-0.39, 0.29) is 10.9 Å². The number of rotatable bonds is 2. The SMILES string of the molecule is O=C(O)c1cn(-c2ccc3ccccc3c2)c2cc(F)c(F)cc2c1=O. The molecule has 128 valence electrons. The van der Waals surface area contributed by atoms with Crippen LogP contribution in [0.15, 0.2) is 65.6 Å². The molecular weight excluding hydrogens is 340 g/mol. The minimum atomic E-state index is -1.43. The van der Waals surface area contributed by atoms with Crippen LogP contribution in [0.3, 0.4) is 0 Å². The highest BCUT2D eigenvalue weighted by Crippen LogP contribution is 2.24. The Bertz CT molecular complexity index is 1260. The summed E-state index contributed by atoms with van der Waals surface area (Å²) in [6.07, 6.45) is 1.13. The summed E-state index contributed by atoms with van der Waals surface area (Å²) < 4.78 is 28.8. The van der Waals surface area contributed by atoms with Gasteiger partial charge in [0.2, 0.25) is 5.43 Å². The summed E-state index contributed by atoms with van der Waals surface area (Å²) in [6, 6.07) is 14.5. The molecule has 0 amide bonds. The Morgan fingerprint density at radius 1 is 0.923 bits per heavy atom. The quantitative estimate of drug-likeness (QED) is 0.591. The Kier molecular flexibility index (Phi) is 3.54. The van der Waals surface area contributed by atoms with E-state index >= 15 is 0 Å². The fourth-order valence-corrected chi connectivity index (χ4v) is 3.01.